The molecule has 7 heteroatoms. The fourth-order valence-corrected chi connectivity index (χ4v) is 4.29. The van der Waals surface area contributed by atoms with Crippen molar-refractivity contribution in [3.63, 3.8) is 0 Å². The SMILES string of the molecule is CSCCNC(=O)CN(c1cc(C)ccc1C)S(=O)(=O)c1ccccc1. The van der Waals surface area contributed by atoms with E-state index in [1.165, 1.54) is 4.31 Å². The lowest BCUT2D eigenvalue weighted by Crippen LogP contribution is -2.41. The minimum absolute atomic E-state index is 0.165. The molecule has 2 aromatic rings. The van der Waals surface area contributed by atoms with Crippen LogP contribution in [-0.2, 0) is 14.8 Å². The molecule has 0 radical (unpaired) electrons. The standard InChI is InChI=1S/C19H24N2O3S2/c1-15-9-10-16(2)18(13-15)21(14-19(22)20-11-12-25-3)26(23,24)17-7-5-4-6-8-17/h4-10,13H,11-12,14H2,1-3H3,(H,20,22). The van der Waals surface area contributed by atoms with Gasteiger partial charge >= 0.3 is 0 Å². The first-order valence-corrected chi connectivity index (χ1v) is 11.1. The molecule has 0 aromatic heterocycles. The molecule has 0 aliphatic carbocycles. The number of carbonyl (C=O) groups excluding carboxylic acids is 1. The van der Waals surface area contributed by atoms with Gasteiger partial charge in [-0.3, -0.25) is 9.10 Å². The van der Waals surface area contributed by atoms with Crippen molar-refractivity contribution >= 4 is 33.4 Å². The molecule has 0 aliphatic heterocycles. The Morgan fingerprint density at radius 1 is 1.12 bits per heavy atom. The summed E-state index contributed by atoms with van der Waals surface area (Å²) in [5.74, 6) is 0.458. The quantitative estimate of drug-likeness (QED) is 0.702. The minimum Gasteiger partial charge on any atom is -0.354 e. The predicted molar refractivity (Wildman–Crippen MR) is 108 cm³/mol. The number of anilines is 1. The second-order valence-electron chi connectivity index (χ2n) is 5.96. The molecule has 0 atom stereocenters. The van der Waals surface area contributed by atoms with Gasteiger partial charge < -0.3 is 5.32 Å². The number of thioether (sulfide) groups is 1. The van der Waals surface area contributed by atoms with Crippen LogP contribution < -0.4 is 9.62 Å². The molecule has 0 bridgehead atoms. The first-order chi connectivity index (χ1) is 12.4. The Hall–Kier alpha value is -1.99. The molecule has 0 fully saturated rings. The van der Waals surface area contributed by atoms with Gasteiger partial charge in [0.2, 0.25) is 5.91 Å². The Morgan fingerprint density at radius 3 is 2.46 bits per heavy atom. The summed E-state index contributed by atoms with van der Waals surface area (Å²) in [5.41, 5.74) is 2.25. The van der Waals surface area contributed by atoms with Crippen LogP contribution in [0.15, 0.2) is 53.4 Å². The first-order valence-electron chi connectivity index (χ1n) is 8.27. The van der Waals surface area contributed by atoms with Gasteiger partial charge in [0.25, 0.3) is 10.0 Å². The van der Waals surface area contributed by atoms with Crippen molar-refractivity contribution in [1.29, 1.82) is 0 Å². The summed E-state index contributed by atoms with van der Waals surface area (Å²) in [6, 6.07) is 13.8. The topological polar surface area (TPSA) is 66.5 Å². The van der Waals surface area contributed by atoms with Crippen LogP contribution in [0, 0.1) is 13.8 Å². The van der Waals surface area contributed by atoms with E-state index in [0.29, 0.717) is 12.2 Å². The third kappa shape index (κ3) is 5.02. The monoisotopic (exact) mass is 392 g/mol. The molecule has 1 N–H and O–H groups in total. The molecule has 0 aliphatic rings. The molecule has 0 saturated heterocycles. The third-order valence-corrected chi connectivity index (χ3v) is 6.27. The van der Waals surface area contributed by atoms with Gasteiger partial charge in [-0.25, -0.2) is 8.42 Å². The van der Waals surface area contributed by atoms with Gasteiger partial charge in [-0.15, -0.1) is 0 Å². The van der Waals surface area contributed by atoms with Crippen LogP contribution in [0.4, 0.5) is 5.69 Å². The molecule has 2 aromatic carbocycles. The van der Waals surface area contributed by atoms with Crippen LogP contribution in [-0.4, -0.2) is 39.4 Å². The summed E-state index contributed by atoms with van der Waals surface area (Å²) >= 11 is 1.62. The second kappa shape index (κ2) is 9.09. The van der Waals surface area contributed by atoms with Crippen molar-refractivity contribution in [3.8, 4) is 0 Å². The maximum absolute atomic E-state index is 13.2. The van der Waals surface area contributed by atoms with Crippen LogP contribution in [0.5, 0.6) is 0 Å². The summed E-state index contributed by atoms with van der Waals surface area (Å²) in [6.45, 7) is 3.99. The van der Waals surface area contributed by atoms with Gasteiger partial charge in [-0.05, 0) is 49.4 Å². The summed E-state index contributed by atoms with van der Waals surface area (Å²) in [6.07, 6.45) is 1.95. The highest BCUT2D eigenvalue weighted by atomic mass is 32.2. The molecule has 140 valence electrons. The summed E-state index contributed by atoms with van der Waals surface area (Å²) in [5, 5.41) is 2.78. The van der Waals surface area contributed by atoms with Gasteiger partial charge in [0.15, 0.2) is 0 Å². The van der Waals surface area contributed by atoms with E-state index in [4.69, 9.17) is 0 Å². The number of carbonyl (C=O) groups is 1. The van der Waals surface area contributed by atoms with Crippen molar-refractivity contribution in [3.05, 3.63) is 59.7 Å². The molecule has 5 nitrogen and oxygen atoms in total. The summed E-state index contributed by atoms with van der Waals surface area (Å²) in [7, 11) is -3.85. The number of benzene rings is 2. The Morgan fingerprint density at radius 2 is 1.81 bits per heavy atom. The molecule has 0 heterocycles. The lowest BCUT2D eigenvalue weighted by atomic mass is 10.1. The lowest BCUT2D eigenvalue weighted by Gasteiger charge is -2.26. The zero-order chi connectivity index (χ0) is 19.2. The Bertz CT molecular complexity index is 852. The molecular formula is C19H24N2O3S2. The van der Waals surface area contributed by atoms with Crippen LogP contribution in [0.2, 0.25) is 0 Å². The molecule has 2 rings (SSSR count). The molecule has 0 unspecified atom stereocenters. The van der Waals surface area contributed by atoms with E-state index >= 15 is 0 Å². The number of nitrogens with zero attached hydrogens (tertiary/aromatic N) is 1. The van der Waals surface area contributed by atoms with Crippen molar-refractivity contribution < 1.29 is 13.2 Å². The van der Waals surface area contributed by atoms with Gasteiger partial charge in [-0.1, -0.05) is 30.3 Å². The van der Waals surface area contributed by atoms with Crippen molar-refractivity contribution in [2.75, 3.05) is 29.4 Å². The molecule has 0 saturated carbocycles. The fourth-order valence-electron chi connectivity index (χ4n) is 2.49. The summed E-state index contributed by atoms with van der Waals surface area (Å²) in [4.78, 5) is 12.5. The highest BCUT2D eigenvalue weighted by molar-refractivity contribution is 7.98. The van der Waals surface area contributed by atoms with E-state index in [-0.39, 0.29) is 17.3 Å². The van der Waals surface area contributed by atoms with Gasteiger partial charge in [-0.2, -0.15) is 11.8 Å². The maximum atomic E-state index is 13.2. The largest absolute Gasteiger partial charge is 0.354 e. The van der Waals surface area contributed by atoms with Crippen LogP contribution in [0.25, 0.3) is 0 Å². The van der Waals surface area contributed by atoms with E-state index in [9.17, 15) is 13.2 Å². The molecular weight excluding hydrogens is 368 g/mol. The Kier molecular flexibility index (Phi) is 7.11. The zero-order valence-corrected chi connectivity index (χ0v) is 16.9. The van der Waals surface area contributed by atoms with Crippen LogP contribution >= 0.6 is 11.8 Å². The van der Waals surface area contributed by atoms with E-state index in [1.807, 2.05) is 32.2 Å². The highest BCUT2D eigenvalue weighted by Gasteiger charge is 2.28. The highest BCUT2D eigenvalue weighted by Crippen LogP contribution is 2.27. The Balaban J connectivity index is 2.42. The molecule has 26 heavy (non-hydrogen) atoms. The van der Waals surface area contributed by atoms with E-state index < -0.39 is 10.0 Å². The summed E-state index contributed by atoms with van der Waals surface area (Å²) < 4.78 is 27.6. The van der Waals surface area contributed by atoms with E-state index in [2.05, 4.69) is 5.32 Å². The average molecular weight is 393 g/mol. The number of sulfonamides is 1. The van der Waals surface area contributed by atoms with E-state index in [1.54, 1.807) is 48.2 Å². The second-order valence-corrected chi connectivity index (χ2v) is 8.81. The number of hydrogen-bond donors (Lipinski definition) is 1. The fraction of sp³-hybridized carbons (Fsp3) is 0.316. The van der Waals surface area contributed by atoms with Crippen molar-refractivity contribution in [1.82, 2.24) is 5.32 Å². The minimum atomic E-state index is -3.85. The number of hydrogen-bond acceptors (Lipinski definition) is 4. The molecule has 1 amide bonds. The van der Waals surface area contributed by atoms with Crippen LogP contribution in [0.3, 0.4) is 0 Å². The Labute approximate surface area is 159 Å². The first kappa shape index (κ1) is 20.3. The normalized spacial score (nSPS) is 11.2. The number of rotatable bonds is 8. The average Bonchev–Trinajstić information content (AvgIpc) is 2.63. The number of amides is 1. The smallest absolute Gasteiger partial charge is 0.264 e. The van der Waals surface area contributed by atoms with Gasteiger partial charge in [0.1, 0.15) is 6.54 Å². The molecule has 0 spiro atoms. The maximum Gasteiger partial charge on any atom is 0.264 e. The third-order valence-electron chi connectivity index (χ3n) is 3.88. The van der Waals surface area contributed by atoms with Crippen LogP contribution in [0.1, 0.15) is 11.1 Å². The van der Waals surface area contributed by atoms with E-state index in [0.717, 1.165) is 16.9 Å². The van der Waals surface area contributed by atoms with Gasteiger partial charge in [0, 0.05) is 12.3 Å². The predicted octanol–water partition coefficient (Wildman–Crippen LogP) is 2.98. The van der Waals surface area contributed by atoms with Crippen molar-refractivity contribution in [2.24, 2.45) is 0 Å². The van der Waals surface area contributed by atoms with Crippen molar-refractivity contribution in [2.45, 2.75) is 18.7 Å². The zero-order valence-electron chi connectivity index (χ0n) is 15.2. The van der Waals surface area contributed by atoms with Gasteiger partial charge in [0.05, 0.1) is 10.6 Å². The number of nitrogens with one attached hydrogen (secondary N) is 1. The number of aryl methyl sites for hydroxylation is 2. The lowest BCUT2D eigenvalue weighted by molar-refractivity contribution is -0.119.